The molecule has 0 bridgehead atoms. The quantitative estimate of drug-likeness (QED) is 0.874. The Morgan fingerprint density at radius 1 is 1.55 bits per heavy atom. The summed E-state index contributed by atoms with van der Waals surface area (Å²) in [6.07, 6.45) is 4.22. The van der Waals surface area contributed by atoms with Gasteiger partial charge in [-0.25, -0.2) is 0 Å². The van der Waals surface area contributed by atoms with Gasteiger partial charge in [0.1, 0.15) is 11.3 Å². The fourth-order valence-electron chi connectivity index (χ4n) is 2.60. The lowest BCUT2D eigenvalue weighted by molar-refractivity contribution is 0.0948. The van der Waals surface area contributed by atoms with Gasteiger partial charge in [0.25, 0.3) is 5.91 Å². The Kier molecular flexibility index (Phi) is 7.02. The maximum atomic E-state index is 12.1. The predicted octanol–water partition coefficient (Wildman–Crippen LogP) is 2.09. The second-order valence-electron chi connectivity index (χ2n) is 5.18. The number of carbonyl (C=O) groups is 1. The lowest BCUT2D eigenvalue weighted by atomic mass is 9.96. The van der Waals surface area contributed by atoms with Crippen LogP contribution < -0.4 is 10.6 Å². The van der Waals surface area contributed by atoms with Gasteiger partial charge in [-0.1, -0.05) is 12.1 Å². The second kappa shape index (κ2) is 8.27. The first kappa shape index (κ1) is 17.0. The molecule has 1 unspecified atom stereocenters. The Labute approximate surface area is 126 Å². The molecule has 6 heteroatoms. The monoisotopic (exact) mass is 301 g/mol. The number of hydrogen-bond acceptors (Lipinski definition) is 4. The third-order valence-electron chi connectivity index (χ3n) is 3.72. The van der Waals surface area contributed by atoms with Crippen molar-refractivity contribution in [3.63, 3.8) is 0 Å². The van der Waals surface area contributed by atoms with Crippen LogP contribution in [0.3, 0.4) is 0 Å². The smallest absolute Gasteiger partial charge is 0.256 e. The molecule has 2 rings (SSSR count). The van der Waals surface area contributed by atoms with E-state index in [-0.39, 0.29) is 18.3 Å². The molecule has 0 radical (unpaired) electrons. The summed E-state index contributed by atoms with van der Waals surface area (Å²) in [6, 6.07) is 0. The third kappa shape index (κ3) is 4.21. The van der Waals surface area contributed by atoms with E-state index in [1.165, 1.54) is 12.8 Å². The van der Waals surface area contributed by atoms with Crippen molar-refractivity contribution in [3.8, 4) is 0 Å². The number of nitrogens with one attached hydrogen (secondary N) is 2. The summed E-state index contributed by atoms with van der Waals surface area (Å²) in [6.45, 7) is 6.69. The van der Waals surface area contributed by atoms with Crippen LogP contribution in [-0.2, 0) is 6.42 Å². The SMILES string of the molecule is CCc1onc(C)c1C(=O)NCCC1CCCNC1.Cl. The van der Waals surface area contributed by atoms with Crippen molar-refractivity contribution in [3.05, 3.63) is 17.0 Å². The van der Waals surface area contributed by atoms with E-state index in [0.29, 0.717) is 29.4 Å². The van der Waals surface area contributed by atoms with Gasteiger partial charge in [0.15, 0.2) is 0 Å². The molecule has 114 valence electrons. The molecule has 5 nitrogen and oxygen atoms in total. The van der Waals surface area contributed by atoms with Gasteiger partial charge in [0, 0.05) is 13.0 Å². The first-order valence-corrected chi connectivity index (χ1v) is 7.16. The number of hydrogen-bond donors (Lipinski definition) is 2. The molecule has 0 saturated carbocycles. The van der Waals surface area contributed by atoms with E-state index < -0.39 is 0 Å². The molecule has 1 aliphatic rings. The van der Waals surface area contributed by atoms with Crippen LogP contribution in [-0.4, -0.2) is 30.7 Å². The van der Waals surface area contributed by atoms with Crippen molar-refractivity contribution in [1.82, 2.24) is 15.8 Å². The minimum atomic E-state index is -0.0561. The fourth-order valence-corrected chi connectivity index (χ4v) is 2.60. The van der Waals surface area contributed by atoms with Gasteiger partial charge in [0.2, 0.25) is 0 Å². The van der Waals surface area contributed by atoms with Crippen molar-refractivity contribution in [2.75, 3.05) is 19.6 Å². The first-order chi connectivity index (χ1) is 9.22. The highest BCUT2D eigenvalue weighted by atomic mass is 35.5. The minimum Gasteiger partial charge on any atom is -0.360 e. The Balaban J connectivity index is 0.00000200. The van der Waals surface area contributed by atoms with Crippen molar-refractivity contribution in [1.29, 1.82) is 0 Å². The third-order valence-corrected chi connectivity index (χ3v) is 3.72. The van der Waals surface area contributed by atoms with Crippen LogP contribution in [0.2, 0.25) is 0 Å². The van der Waals surface area contributed by atoms with Crippen LogP contribution >= 0.6 is 12.4 Å². The van der Waals surface area contributed by atoms with Crippen LogP contribution in [0.25, 0.3) is 0 Å². The number of amides is 1. The van der Waals surface area contributed by atoms with E-state index in [0.717, 1.165) is 26.1 Å². The largest absolute Gasteiger partial charge is 0.360 e. The number of rotatable bonds is 5. The highest BCUT2D eigenvalue weighted by molar-refractivity contribution is 5.96. The molecular weight excluding hydrogens is 278 g/mol. The first-order valence-electron chi connectivity index (χ1n) is 7.16. The van der Waals surface area contributed by atoms with Gasteiger partial charge in [-0.05, 0) is 45.2 Å². The summed E-state index contributed by atoms with van der Waals surface area (Å²) >= 11 is 0. The lowest BCUT2D eigenvalue weighted by Gasteiger charge is -2.22. The lowest BCUT2D eigenvalue weighted by Crippen LogP contribution is -2.33. The fraction of sp³-hybridized carbons (Fsp3) is 0.714. The molecule has 1 aromatic rings. The molecule has 0 aromatic carbocycles. The van der Waals surface area contributed by atoms with Gasteiger partial charge in [-0.3, -0.25) is 4.79 Å². The maximum absolute atomic E-state index is 12.1. The zero-order chi connectivity index (χ0) is 13.7. The molecule has 1 atom stereocenters. The van der Waals surface area contributed by atoms with Crippen LogP contribution in [0.15, 0.2) is 4.52 Å². The normalized spacial score (nSPS) is 18.4. The highest BCUT2D eigenvalue weighted by Crippen LogP contribution is 2.15. The van der Waals surface area contributed by atoms with Crippen molar-refractivity contribution in [2.45, 2.75) is 39.5 Å². The molecule has 0 aliphatic carbocycles. The summed E-state index contributed by atoms with van der Waals surface area (Å²) in [5.41, 5.74) is 1.29. The summed E-state index contributed by atoms with van der Waals surface area (Å²) in [7, 11) is 0. The number of nitrogens with zero attached hydrogens (tertiary/aromatic N) is 1. The number of aryl methyl sites for hydroxylation is 2. The summed E-state index contributed by atoms with van der Waals surface area (Å²) < 4.78 is 5.14. The number of aromatic nitrogens is 1. The van der Waals surface area contributed by atoms with Gasteiger partial charge < -0.3 is 15.2 Å². The number of carbonyl (C=O) groups excluding carboxylic acids is 1. The standard InChI is InChI=1S/C14H23N3O2.ClH/c1-3-12-13(10(2)17-19-12)14(18)16-8-6-11-5-4-7-15-9-11;/h11,15H,3-9H2,1-2H3,(H,16,18);1H. The van der Waals surface area contributed by atoms with Crippen LogP contribution in [0.1, 0.15) is 48.0 Å². The van der Waals surface area contributed by atoms with Gasteiger partial charge in [-0.2, -0.15) is 0 Å². The molecule has 1 amide bonds. The van der Waals surface area contributed by atoms with Crippen LogP contribution in [0.4, 0.5) is 0 Å². The molecule has 1 aromatic heterocycles. The van der Waals surface area contributed by atoms with Gasteiger partial charge in [-0.15, -0.1) is 12.4 Å². The molecule has 20 heavy (non-hydrogen) atoms. The van der Waals surface area contributed by atoms with Gasteiger partial charge in [0.05, 0.1) is 5.69 Å². The molecule has 1 saturated heterocycles. The number of piperidine rings is 1. The van der Waals surface area contributed by atoms with Gasteiger partial charge >= 0.3 is 0 Å². The average Bonchev–Trinajstić information content (AvgIpc) is 2.81. The van der Waals surface area contributed by atoms with E-state index in [4.69, 9.17) is 4.52 Å². The summed E-state index contributed by atoms with van der Waals surface area (Å²) in [5, 5.41) is 10.2. The Morgan fingerprint density at radius 2 is 2.35 bits per heavy atom. The topological polar surface area (TPSA) is 67.2 Å². The molecule has 0 spiro atoms. The molecule has 2 N–H and O–H groups in total. The molecule has 1 aliphatic heterocycles. The highest BCUT2D eigenvalue weighted by Gasteiger charge is 2.19. The van der Waals surface area contributed by atoms with E-state index in [2.05, 4.69) is 15.8 Å². The molecule has 2 heterocycles. The molecule has 1 fully saturated rings. The minimum absolute atomic E-state index is 0. The Morgan fingerprint density at radius 3 is 3.00 bits per heavy atom. The second-order valence-corrected chi connectivity index (χ2v) is 5.18. The Hall–Kier alpha value is -1.07. The Bertz CT molecular complexity index is 428. The van der Waals surface area contributed by atoms with Crippen molar-refractivity contribution < 1.29 is 9.32 Å². The van der Waals surface area contributed by atoms with E-state index in [1.807, 2.05) is 13.8 Å². The van der Waals surface area contributed by atoms with E-state index in [1.54, 1.807) is 0 Å². The van der Waals surface area contributed by atoms with E-state index in [9.17, 15) is 4.79 Å². The number of halogens is 1. The predicted molar refractivity (Wildman–Crippen MR) is 80.4 cm³/mol. The van der Waals surface area contributed by atoms with Crippen LogP contribution in [0, 0.1) is 12.8 Å². The zero-order valence-corrected chi connectivity index (χ0v) is 13.0. The average molecular weight is 302 g/mol. The van der Waals surface area contributed by atoms with Crippen molar-refractivity contribution in [2.24, 2.45) is 5.92 Å². The van der Waals surface area contributed by atoms with Crippen LogP contribution in [0.5, 0.6) is 0 Å². The maximum Gasteiger partial charge on any atom is 0.256 e. The summed E-state index contributed by atoms with van der Waals surface area (Å²) in [4.78, 5) is 12.1. The van der Waals surface area contributed by atoms with E-state index >= 15 is 0 Å². The molecular formula is C14H24ClN3O2. The zero-order valence-electron chi connectivity index (χ0n) is 12.2. The van der Waals surface area contributed by atoms with Crippen molar-refractivity contribution >= 4 is 18.3 Å². The summed E-state index contributed by atoms with van der Waals surface area (Å²) in [5.74, 6) is 1.30.